The predicted octanol–water partition coefficient (Wildman–Crippen LogP) is 1.68. The van der Waals surface area contributed by atoms with Crippen molar-refractivity contribution in [2.24, 2.45) is 0 Å². The zero-order valence-electron chi connectivity index (χ0n) is 12.5. The van der Waals surface area contributed by atoms with Crippen LogP contribution >= 0.6 is 0 Å². The molecule has 0 spiro atoms. The van der Waals surface area contributed by atoms with E-state index in [1.54, 1.807) is 0 Å². The Morgan fingerprint density at radius 3 is 2.29 bits per heavy atom. The minimum atomic E-state index is 0. The van der Waals surface area contributed by atoms with E-state index in [0.29, 0.717) is 0 Å². The van der Waals surface area contributed by atoms with Gasteiger partial charge in [-0.1, -0.05) is 69.4 Å². The van der Waals surface area contributed by atoms with Crippen LogP contribution in [0, 0.1) is 0 Å². The molecule has 0 aromatic heterocycles. The molecule has 1 aromatic carbocycles. The fourth-order valence-corrected chi connectivity index (χ4v) is 1.75. The van der Waals surface area contributed by atoms with Crippen molar-refractivity contribution >= 4 is 0 Å². The topological polar surface area (TPSA) is 9.23 Å². The molecule has 0 amide bonds. The molecule has 0 radical (unpaired) electrons. The molecule has 1 rings (SSSR count). The van der Waals surface area contributed by atoms with Gasteiger partial charge in [0.1, 0.15) is 0 Å². The second-order valence-electron chi connectivity index (χ2n) is 4.31. The molecule has 0 unspecified atom stereocenters. The zero-order chi connectivity index (χ0) is 11.5. The van der Waals surface area contributed by atoms with Gasteiger partial charge in [-0.2, -0.15) is 0 Å². The van der Waals surface area contributed by atoms with Crippen LogP contribution in [-0.2, 0) is 11.3 Å². The summed E-state index contributed by atoms with van der Waals surface area (Å²) < 4.78 is 5.63. The van der Waals surface area contributed by atoms with Gasteiger partial charge in [-0.15, -0.1) is 0 Å². The Kier molecular flexibility index (Phi) is 12.8. The second kappa shape index (κ2) is 12.6. The van der Waals surface area contributed by atoms with Gasteiger partial charge in [0.25, 0.3) is 0 Å². The van der Waals surface area contributed by atoms with Gasteiger partial charge in [0.05, 0.1) is 6.61 Å². The van der Waals surface area contributed by atoms with E-state index in [1.807, 2.05) is 6.07 Å². The first-order chi connectivity index (χ1) is 7.93. The number of hydrogen-bond donors (Lipinski definition) is 0. The second-order valence-corrected chi connectivity index (χ2v) is 4.31. The standard InChI is InChI=1S/C15H24O.Na.H/c1-2-3-4-5-6-10-13-16-14-15-11-8-7-9-12-15;;/h7-9,11-12H,2-6,10,13-14H2,1H3;;/q;+1;-1. The first-order valence-electron chi connectivity index (χ1n) is 6.55. The summed E-state index contributed by atoms with van der Waals surface area (Å²) in [7, 11) is 0. The van der Waals surface area contributed by atoms with Crippen molar-refractivity contribution in [1.82, 2.24) is 0 Å². The normalized spacial score (nSPS) is 9.94. The molecule has 0 aliphatic carbocycles. The maximum Gasteiger partial charge on any atom is 1.00 e. The molecule has 1 nitrogen and oxygen atoms in total. The van der Waals surface area contributed by atoms with Crippen molar-refractivity contribution in [2.75, 3.05) is 6.61 Å². The fourth-order valence-electron chi connectivity index (χ4n) is 1.75. The summed E-state index contributed by atoms with van der Waals surface area (Å²) in [5.41, 5.74) is 1.27. The van der Waals surface area contributed by atoms with Crippen molar-refractivity contribution in [3.8, 4) is 0 Å². The average molecular weight is 244 g/mol. The molecule has 0 saturated heterocycles. The summed E-state index contributed by atoms with van der Waals surface area (Å²) in [6.07, 6.45) is 7.97. The molecule has 0 saturated carbocycles. The third-order valence-electron chi connectivity index (χ3n) is 2.75. The van der Waals surface area contributed by atoms with E-state index >= 15 is 0 Å². The van der Waals surface area contributed by atoms with Crippen LogP contribution in [0.5, 0.6) is 0 Å². The molecule has 0 aliphatic rings. The van der Waals surface area contributed by atoms with Crippen LogP contribution in [0.1, 0.15) is 52.4 Å². The summed E-state index contributed by atoms with van der Waals surface area (Å²) in [6.45, 7) is 3.92. The Morgan fingerprint density at radius 2 is 1.59 bits per heavy atom. The van der Waals surface area contributed by atoms with Gasteiger partial charge in [-0.3, -0.25) is 0 Å². The summed E-state index contributed by atoms with van der Waals surface area (Å²) in [6, 6.07) is 10.4. The van der Waals surface area contributed by atoms with Gasteiger partial charge in [-0.05, 0) is 12.0 Å². The van der Waals surface area contributed by atoms with Crippen molar-refractivity contribution in [2.45, 2.75) is 52.1 Å². The monoisotopic (exact) mass is 244 g/mol. The van der Waals surface area contributed by atoms with Crippen molar-refractivity contribution in [3.05, 3.63) is 35.9 Å². The summed E-state index contributed by atoms with van der Waals surface area (Å²) in [5, 5.41) is 0. The molecular formula is C15H25NaO. The summed E-state index contributed by atoms with van der Waals surface area (Å²) >= 11 is 0. The molecule has 0 N–H and O–H groups in total. The third-order valence-corrected chi connectivity index (χ3v) is 2.75. The van der Waals surface area contributed by atoms with E-state index < -0.39 is 0 Å². The molecule has 0 heterocycles. The molecule has 0 fully saturated rings. The smallest absolute Gasteiger partial charge is 1.00 e. The Labute approximate surface area is 130 Å². The van der Waals surface area contributed by atoms with E-state index in [0.717, 1.165) is 13.2 Å². The molecule has 92 valence electrons. The van der Waals surface area contributed by atoms with Crippen LogP contribution in [0.2, 0.25) is 0 Å². The van der Waals surface area contributed by atoms with E-state index in [4.69, 9.17) is 4.74 Å². The molecule has 2 heteroatoms. The van der Waals surface area contributed by atoms with Gasteiger partial charge < -0.3 is 6.16 Å². The summed E-state index contributed by atoms with van der Waals surface area (Å²) in [5.74, 6) is 0. The average Bonchev–Trinajstić information content (AvgIpc) is 2.34. The van der Waals surface area contributed by atoms with Crippen LogP contribution in [0.4, 0.5) is 0 Å². The third kappa shape index (κ3) is 9.84. The molecule has 1 aromatic rings. The first-order valence-corrected chi connectivity index (χ1v) is 6.55. The maximum absolute atomic E-state index is 5.63. The van der Waals surface area contributed by atoms with E-state index in [9.17, 15) is 0 Å². The van der Waals surface area contributed by atoms with Crippen LogP contribution < -0.4 is 29.6 Å². The number of rotatable bonds is 9. The van der Waals surface area contributed by atoms with Gasteiger partial charge in [0.2, 0.25) is 0 Å². The Balaban J connectivity index is 0. The molecular weight excluding hydrogens is 219 g/mol. The summed E-state index contributed by atoms with van der Waals surface area (Å²) in [4.78, 5) is 0. The van der Waals surface area contributed by atoms with Crippen LogP contribution in [0.3, 0.4) is 0 Å². The first kappa shape index (κ1) is 17.2. The minimum Gasteiger partial charge on any atom is -1.00 e. The van der Waals surface area contributed by atoms with Crippen molar-refractivity contribution in [1.29, 1.82) is 0 Å². The predicted molar refractivity (Wildman–Crippen MR) is 70.6 cm³/mol. The zero-order valence-corrected chi connectivity index (χ0v) is 13.5. The van der Waals surface area contributed by atoms with Gasteiger partial charge >= 0.3 is 29.6 Å². The van der Waals surface area contributed by atoms with Crippen LogP contribution in [0.15, 0.2) is 30.3 Å². The fraction of sp³-hybridized carbons (Fsp3) is 0.600. The van der Waals surface area contributed by atoms with Gasteiger partial charge in [0, 0.05) is 6.61 Å². The maximum atomic E-state index is 5.63. The quantitative estimate of drug-likeness (QED) is 0.474. The minimum absolute atomic E-state index is 0. The Hall–Kier alpha value is 0.180. The van der Waals surface area contributed by atoms with E-state index in [-0.39, 0.29) is 31.0 Å². The van der Waals surface area contributed by atoms with Crippen molar-refractivity contribution in [3.63, 3.8) is 0 Å². The Morgan fingerprint density at radius 1 is 0.941 bits per heavy atom. The largest absolute Gasteiger partial charge is 1.00 e. The number of ether oxygens (including phenoxy) is 1. The molecule has 17 heavy (non-hydrogen) atoms. The number of benzene rings is 1. The van der Waals surface area contributed by atoms with Crippen LogP contribution in [0.25, 0.3) is 0 Å². The van der Waals surface area contributed by atoms with Gasteiger partial charge in [-0.25, -0.2) is 0 Å². The molecule has 0 atom stereocenters. The van der Waals surface area contributed by atoms with Gasteiger partial charge in [0.15, 0.2) is 0 Å². The number of hydrogen-bond acceptors (Lipinski definition) is 1. The Bertz CT molecular complexity index is 254. The SMILES string of the molecule is CCCCCCCCOCc1ccccc1.[H-].[Na+]. The molecule has 0 aliphatic heterocycles. The van der Waals surface area contributed by atoms with Crippen molar-refractivity contribution < 1.29 is 35.7 Å². The number of unbranched alkanes of at least 4 members (excludes halogenated alkanes) is 5. The van der Waals surface area contributed by atoms with Crippen LogP contribution in [-0.4, -0.2) is 6.61 Å². The molecule has 0 bridgehead atoms. The van der Waals surface area contributed by atoms with E-state index in [1.165, 1.54) is 44.1 Å². The van der Waals surface area contributed by atoms with E-state index in [2.05, 4.69) is 31.2 Å².